The summed E-state index contributed by atoms with van der Waals surface area (Å²) in [5, 5.41) is 12.3. The van der Waals surface area contributed by atoms with Crippen molar-refractivity contribution in [2.75, 3.05) is 5.32 Å². The number of amides is 1. The monoisotopic (exact) mass is 361 g/mol. The molecule has 0 unspecified atom stereocenters. The van der Waals surface area contributed by atoms with Gasteiger partial charge in [-0.2, -0.15) is 0 Å². The maximum absolute atomic E-state index is 12.6. The normalized spacial score (nSPS) is 15.2. The number of hydrogen-bond acceptors (Lipinski definition) is 3. The van der Waals surface area contributed by atoms with Crippen molar-refractivity contribution >= 4 is 52.6 Å². The van der Waals surface area contributed by atoms with E-state index < -0.39 is 17.7 Å². The Kier molecular flexibility index (Phi) is 4.13. The lowest BCUT2D eigenvalue weighted by Gasteiger charge is -2.18. The van der Waals surface area contributed by atoms with Gasteiger partial charge >= 0.3 is 5.97 Å². The van der Waals surface area contributed by atoms with Gasteiger partial charge in [0.25, 0.3) is 5.91 Å². The summed E-state index contributed by atoms with van der Waals surface area (Å²) in [7, 11) is 0. The maximum Gasteiger partial charge on any atom is 0.335 e. The number of carboxylic acids is 1. The fourth-order valence-corrected chi connectivity index (χ4v) is 2.62. The third-order valence-corrected chi connectivity index (χ3v) is 4.24. The Bertz CT molecular complexity index is 934. The summed E-state index contributed by atoms with van der Waals surface area (Å²) in [6.45, 7) is 0. The van der Waals surface area contributed by atoms with Crippen LogP contribution < -0.4 is 5.32 Å². The molecule has 120 valence electrons. The molecule has 0 radical (unpaired) electrons. The van der Waals surface area contributed by atoms with Crippen LogP contribution in [0.15, 0.2) is 42.0 Å². The number of carbonyl (C=O) groups excluding carboxylic acids is 2. The lowest BCUT2D eigenvalue weighted by atomic mass is 9.94. The molecule has 1 heterocycles. The highest BCUT2D eigenvalue weighted by Gasteiger charge is 2.29. The van der Waals surface area contributed by atoms with E-state index in [1.165, 1.54) is 30.3 Å². The Balaban J connectivity index is 2.07. The van der Waals surface area contributed by atoms with Gasteiger partial charge in [0.2, 0.25) is 5.78 Å². The maximum atomic E-state index is 12.6. The molecule has 2 N–H and O–H groups in total. The molecule has 1 aliphatic rings. The quantitative estimate of drug-likeness (QED) is 0.627. The zero-order chi connectivity index (χ0) is 17.4. The molecular weight excluding hydrogens is 353 g/mol. The number of carbonyl (C=O) groups is 3. The highest BCUT2D eigenvalue weighted by atomic mass is 35.5. The van der Waals surface area contributed by atoms with Gasteiger partial charge in [0, 0.05) is 5.56 Å². The molecule has 1 aliphatic heterocycles. The van der Waals surface area contributed by atoms with Gasteiger partial charge in [0.15, 0.2) is 0 Å². The lowest BCUT2D eigenvalue weighted by Crippen LogP contribution is -2.27. The first-order valence-corrected chi connectivity index (χ1v) is 7.52. The first-order valence-electron chi connectivity index (χ1n) is 6.77. The van der Waals surface area contributed by atoms with Crippen LogP contribution in [0.1, 0.15) is 26.3 Å². The van der Waals surface area contributed by atoms with Gasteiger partial charge in [-0.05, 0) is 42.0 Å². The number of anilines is 1. The summed E-state index contributed by atoms with van der Waals surface area (Å²) in [6.07, 6.45) is 1.39. The number of halogens is 2. The van der Waals surface area contributed by atoms with Crippen LogP contribution in [0.4, 0.5) is 5.69 Å². The van der Waals surface area contributed by atoms with Crippen LogP contribution in [0.25, 0.3) is 6.08 Å². The topological polar surface area (TPSA) is 83.5 Å². The smallest absolute Gasteiger partial charge is 0.335 e. The summed E-state index contributed by atoms with van der Waals surface area (Å²) in [4.78, 5) is 35.8. The van der Waals surface area contributed by atoms with Crippen molar-refractivity contribution < 1.29 is 19.5 Å². The van der Waals surface area contributed by atoms with Gasteiger partial charge < -0.3 is 10.4 Å². The van der Waals surface area contributed by atoms with E-state index in [-0.39, 0.29) is 22.4 Å². The number of benzene rings is 2. The molecule has 5 nitrogen and oxygen atoms in total. The molecule has 0 fully saturated rings. The molecule has 2 aromatic rings. The number of fused-ring (bicyclic) bond motifs is 1. The molecular formula is C17H9Cl2NO4. The van der Waals surface area contributed by atoms with Gasteiger partial charge in [0.1, 0.15) is 0 Å². The average Bonchev–Trinajstić information content (AvgIpc) is 2.54. The summed E-state index contributed by atoms with van der Waals surface area (Å²) in [5.41, 5.74) is 0.790. The molecule has 0 aromatic heterocycles. The summed E-state index contributed by atoms with van der Waals surface area (Å²) >= 11 is 11.8. The molecule has 0 spiro atoms. The molecule has 2 aromatic carbocycles. The van der Waals surface area contributed by atoms with E-state index in [1.807, 2.05) is 0 Å². The number of Topliss-reactive ketones (excluding diaryl/α,β-unsaturated/α-hetero) is 1. The van der Waals surface area contributed by atoms with Crippen LogP contribution in [-0.4, -0.2) is 22.8 Å². The number of aromatic carboxylic acids is 1. The Labute approximate surface area is 146 Å². The first kappa shape index (κ1) is 16.2. The SMILES string of the molecule is O=C1Nc2ccc(C(=O)O)cc2C(=O)/C1=C/c1ccc(Cl)c(Cl)c1. The molecule has 0 saturated carbocycles. The van der Waals surface area contributed by atoms with Gasteiger partial charge in [-0.3, -0.25) is 9.59 Å². The minimum atomic E-state index is -1.16. The van der Waals surface area contributed by atoms with E-state index in [4.69, 9.17) is 28.3 Å². The molecule has 0 atom stereocenters. The molecule has 3 rings (SSSR count). The van der Waals surface area contributed by atoms with Crippen LogP contribution in [0, 0.1) is 0 Å². The zero-order valence-electron chi connectivity index (χ0n) is 12.0. The highest BCUT2D eigenvalue weighted by molar-refractivity contribution is 6.42. The average molecular weight is 362 g/mol. The van der Waals surface area contributed by atoms with Crippen LogP contribution in [0.2, 0.25) is 10.0 Å². The van der Waals surface area contributed by atoms with Crippen molar-refractivity contribution in [3.63, 3.8) is 0 Å². The standard InChI is InChI=1S/C17H9Cl2NO4/c18-12-3-1-8(6-13(12)19)5-11-15(21)10-7-9(17(23)24)2-4-14(10)20-16(11)22/h1-7H,(H,20,22)(H,23,24)/b11-5-. The third kappa shape index (κ3) is 2.91. The highest BCUT2D eigenvalue weighted by Crippen LogP contribution is 2.29. The van der Waals surface area contributed by atoms with E-state index in [0.717, 1.165) is 0 Å². The van der Waals surface area contributed by atoms with E-state index in [9.17, 15) is 14.4 Å². The minimum absolute atomic E-state index is 0.0351. The third-order valence-electron chi connectivity index (χ3n) is 3.50. The second-order valence-electron chi connectivity index (χ2n) is 5.08. The van der Waals surface area contributed by atoms with Crippen molar-refractivity contribution in [2.45, 2.75) is 0 Å². The second kappa shape index (κ2) is 6.11. The van der Waals surface area contributed by atoms with E-state index in [0.29, 0.717) is 15.6 Å². The second-order valence-corrected chi connectivity index (χ2v) is 5.89. The van der Waals surface area contributed by atoms with Crippen LogP contribution in [0.5, 0.6) is 0 Å². The van der Waals surface area contributed by atoms with Gasteiger partial charge in [-0.1, -0.05) is 29.3 Å². The lowest BCUT2D eigenvalue weighted by molar-refractivity contribution is -0.112. The fraction of sp³-hybridized carbons (Fsp3) is 0. The Morgan fingerprint density at radius 3 is 2.46 bits per heavy atom. The minimum Gasteiger partial charge on any atom is -0.478 e. The van der Waals surface area contributed by atoms with Crippen molar-refractivity contribution in [1.29, 1.82) is 0 Å². The van der Waals surface area contributed by atoms with Gasteiger partial charge in [-0.25, -0.2) is 4.79 Å². The van der Waals surface area contributed by atoms with Gasteiger partial charge in [0.05, 0.1) is 26.9 Å². The fourth-order valence-electron chi connectivity index (χ4n) is 2.31. The first-order chi connectivity index (χ1) is 11.4. The summed E-state index contributed by atoms with van der Waals surface area (Å²) < 4.78 is 0. The summed E-state index contributed by atoms with van der Waals surface area (Å²) in [5.74, 6) is -2.28. The number of ketones is 1. The van der Waals surface area contributed by atoms with Crippen molar-refractivity contribution in [3.05, 3.63) is 68.7 Å². The molecule has 1 amide bonds. The predicted octanol–water partition coefficient (Wildman–Crippen LogP) is 3.91. The van der Waals surface area contributed by atoms with E-state index >= 15 is 0 Å². The van der Waals surface area contributed by atoms with Crippen LogP contribution >= 0.6 is 23.2 Å². The number of rotatable bonds is 2. The Morgan fingerprint density at radius 1 is 1.04 bits per heavy atom. The van der Waals surface area contributed by atoms with E-state index in [2.05, 4.69) is 5.32 Å². The molecule has 24 heavy (non-hydrogen) atoms. The van der Waals surface area contributed by atoms with Crippen molar-refractivity contribution in [1.82, 2.24) is 0 Å². The van der Waals surface area contributed by atoms with Crippen molar-refractivity contribution in [2.24, 2.45) is 0 Å². The largest absolute Gasteiger partial charge is 0.478 e. The zero-order valence-corrected chi connectivity index (χ0v) is 13.5. The van der Waals surface area contributed by atoms with Gasteiger partial charge in [-0.15, -0.1) is 0 Å². The molecule has 0 bridgehead atoms. The van der Waals surface area contributed by atoms with E-state index in [1.54, 1.807) is 12.1 Å². The van der Waals surface area contributed by atoms with Crippen LogP contribution in [-0.2, 0) is 4.79 Å². The number of carboxylic acid groups (broad SMARTS) is 1. The molecule has 0 saturated heterocycles. The Morgan fingerprint density at radius 2 is 1.79 bits per heavy atom. The Hall–Kier alpha value is -2.63. The predicted molar refractivity (Wildman–Crippen MR) is 90.8 cm³/mol. The van der Waals surface area contributed by atoms with Crippen molar-refractivity contribution in [3.8, 4) is 0 Å². The molecule has 0 aliphatic carbocycles. The molecule has 7 heteroatoms. The summed E-state index contributed by atoms with van der Waals surface area (Å²) in [6, 6.07) is 8.65. The number of hydrogen-bond donors (Lipinski definition) is 2. The van der Waals surface area contributed by atoms with Crippen LogP contribution in [0.3, 0.4) is 0 Å². The number of nitrogens with one attached hydrogen (secondary N) is 1.